The number of carboxylic acids is 1. The van der Waals surface area contributed by atoms with Crippen LogP contribution in [0.4, 0.5) is 10.5 Å². The number of amides is 2. The Morgan fingerprint density at radius 1 is 1.30 bits per heavy atom. The van der Waals surface area contributed by atoms with Crippen molar-refractivity contribution >= 4 is 17.7 Å². The van der Waals surface area contributed by atoms with Crippen LogP contribution < -0.4 is 16.0 Å². The summed E-state index contributed by atoms with van der Waals surface area (Å²) in [6.07, 6.45) is -0.139. The Morgan fingerprint density at radius 2 is 2.00 bits per heavy atom. The molecule has 0 saturated carbocycles. The zero-order valence-corrected chi connectivity index (χ0v) is 12.0. The number of anilines is 1. The molecule has 20 heavy (non-hydrogen) atoms. The van der Waals surface area contributed by atoms with Crippen LogP contribution in [0.25, 0.3) is 0 Å². The van der Waals surface area contributed by atoms with Crippen molar-refractivity contribution in [2.24, 2.45) is 0 Å². The number of benzene rings is 1. The zero-order valence-electron chi connectivity index (χ0n) is 12.0. The fourth-order valence-electron chi connectivity index (χ4n) is 1.86. The maximum Gasteiger partial charge on any atom is 0.319 e. The molecule has 1 aromatic rings. The zero-order chi connectivity index (χ0) is 15.2. The van der Waals surface area contributed by atoms with Gasteiger partial charge >= 0.3 is 12.0 Å². The first-order valence-electron chi connectivity index (χ1n) is 6.37. The smallest absolute Gasteiger partial charge is 0.319 e. The number of urea groups is 1. The van der Waals surface area contributed by atoms with E-state index in [9.17, 15) is 9.59 Å². The van der Waals surface area contributed by atoms with Crippen LogP contribution in [0.3, 0.4) is 0 Å². The third-order valence-electron chi connectivity index (χ3n) is 2.61. The second-order valence-electron chi connectivity index (χ2n) is 5.26. The largest absolute Gasteiger partial charge is 0.481 e. The molecule has 0 aliphatic heterocycles. The van der Waals surface area contributed by atoms with E-state index in [1.54, 1.807) is 19.9 Å². The fourth-order valence-corrected chi connectivity index (χ4v) is 1.86. The highest BCUT2D eigenvalue weighted by Crippen LogP contribution is 2.12. The maximum atomic E-state index is 11.8. The predicted octanol–water partition coefficient (Wildman–Crippen LogP) is 1.78. The van der Waals surface area contributed by atoms with E-state index in [2.05, 4.69) is 16.0 Å². The lowest BCUT2D eigenvalue weighted by Gasteiger charge is -2.24. The number of carboxylic acid groups (broad SMARTS) is 1. The topological polar surface area (TPSA) is 90.5 Å². The SMILES string of the molecule is CNCc1cccc(NC(=O)NC(C)(C)CC(=O)O)c1. The van der Waals surface area contributed by atoms with Crippen LogP contribution in [0.2, 0.25) is 0 Å². The first-order valence-corrected chi connectivity index (χ1v) is 6.37. The van der Waals surface area contributed by atoms with Gasteiger partial charge < -0.3 is 21.1 Å². The molecule has 0 bridgehead atoms. The summed E-state index contributed by atoms with van der Waals surface area (Å²) in [4.78, 5) is 22.5. The van der Waals surface area contributed by atoms with E-state index in [0.29, 0.717) is 12.2 Å². The van der Waals surface area contributed by atoms with Gasteiger partial charge in [0.15, 0.2) is 0 Å². The highest BCUT2D eigenvalue weighted by Gasteiger charge is 2.23. The standard InChI is InChI=1S/C14H21N3O3/c1-14(2,8-12(18)19)17-13(20)16-11-6-4-5-10(7-11)9-15-3/h4-7,15H,8-9H2,1-3H3,(H,18,19)(H2,16,17,20). The Morgan fingerprint density at radius 3 is 2.60 bits per heavy atom. The summed E-state index contributed by atoms with van der Waals surface area (Å²) >= 11 is 0. The van der Waals surface area contributed by atoms with Gasteiger partial charge in [-0.2, -0.15) is 0 Å². The normalized spacial score (nSPS) is 10.9. The monoisotopic (exact) mass is 279 g/mol. The highest BCUT2D eigenvalue weighted by atomic mass is 16.4. The minimum absolute atomic E-state index is 0.139. The van der Waals surface area contributed by atoms with E-state index in [0.717, 1.165) is 5.56 Å². The Balaban J connectivity index is 2.62. The lowest BCUT2D eigenvalue weighted by molar-refractivity contribution is -0.138. The Labute approximate surface area is 118 Å². The molecule has 0 unspecified atom stereocenters. The van der Waals surface area contributed by atoms with Gasteiger partial charge in [0.25, 0.3) is 0 Å². The summed E-state index contributed by atoms with van der Waals surface area (Å²) in [5, 5.41) is 17.1. The van der Waals surface area contributed by atoms with Gasteiger partial charge in [-0.05, 0) is 38.6 Å². The quantitative estimate of drug-likeness (QED) is 0.639. The minimum Gasteiger partial charge on any atom is -0.481 e. The van der Waals surface area contributed by atoms with Crippen LogP contribution in [0.1, 0.15) is 25.8 Å². The second-order valence-corrected chi connectivity index (χ2v) is 5.26. The highest BCUT2D eigenvalue weighted by molar-refractivity contribution is 5.90. The van der Waals surface area contributed by atoms with Crippen molar-refractivity contribution in [1.82, 2.24) is 10.6 Å². The third kappa shape index (κ3) is 5.71. The van der Waals surface area contributed by atoms with Crippen LogP contribution >= 0.6 is 0 Å². The molecule has 0 spiro atoms. The molecular weight excluding hydrogens is 258 g/mol. The van der Waals surface area contributed by atoms with Gasteiger partial charge in [0.2, 0.25) is 0 Å². The molecule has 0 fully saturated rings. The van der Waals surface area contributed by atoms with Crippen LogP contribution in [0.15, 0.2) is 24.3 Å². The number of hydrogen-bond donors (Lipinski definition) is 4. The van der Waals surface area contributed by atoms with Crippen molar-refractivity contribution in [2.45, 2.75) is 32.4 Å². The molecule has 4 N–H and O–H groups in total. The summed E-state index contributed by atoms with van der Waals surface area (Å²) in [7, 11) is 1.85. The van der Waals surface area contributed by atoms with Gasteiger partial charge in [-0.3, -0.25) is 4.79 Å². The van der Waals surface area contributed by atoms with E-state index < -0.39 is 17.5 Å². The van der Waals surface area contributed by atoms with Crippen LogP contribution in [-0.4, -0.2) is 29.7 Å². The molecule has 1 rings (SSSR count). The molecule has 0 radical (unpaired) electrons. The van der Waals surface area contributed by atoms with E-state index in [4.69, 9.17) is 5.11 Å². The molecule has 6 nitrogen and oxygen atoms in total. The van der Waals surface area contributed by atoms with Crippen molar-refractivity contribution < 1.29 is 14.7 Å². The van der Waals surface area contributed by atoms with Crippen LogP contribution in [0, 0.1) is 0 Å². The number of nitrogens with one attached hydrogen (secondary N) is 3. The van der Waals surface area contributed by atoms with E-state index in [-0.39, 0.29) is 6.42 Å². The molecule has 2 amide bonds. The molecule has 0 aromatic heterocycles. The third-order valence-corrected chi connectivity index (χ3v) is 2.61. The van der Waals surface area contributed by atoms with Crippen molar-refractivity contribution in [1.29, 1.82) is 0 Å². The van der Waals surface area contributed by atoms with E-state index >= 15 is 0 Å². The van der Waals surface area contributed by atoms with Crippen LogP contribution in [-0.2, 0) is 11.3 Å². The van der Waals surface area contributed by atoms with Crippen molar-refractivity contribution in [3.8, 4) is 0 Å². The lowest BCUT2D eigenvalue weighted by Crippen LogP contribution is -2.46. The Hall–Kier alpha value is -2.08. The molecule has 6 heteroatoms. The van der Waals surface area contributed by atoms with Gasteiger partial charge in [0, 0.05) is 17.8 Å². The summed E-state index contributed by atoms with van der Waals surface area (Å²) < 4.78 is 0. The number of hydrogen-bond acceptors (Lipinski definition) is 3. The summed E-state index contributed by atoms with van der Waals surface area (Å²) in [5.41, 5.74) is 0.912. The van der Waals surface area contributed by atoms with Gasteiger partial charge in [-0.15, -0.1) is 0 Å². The van der Waals surface area contributed by atoms with Crippen molar-refractivity contribution in [2.75, 3.05) is 12.4 Å². The molecule has 1 aromatic carbocycles. The minimum atomic E-state index is -0.952. The van der Waals surface area contributed by atoms with Crippen LogP contribution in [0.5, 0.6) is 0 Å². The summed E-state index contributed by atoms with van der Waals surface area (Å²) in [6, 6.07) is 7.03. The molecule has 0 aliphatic rings. The van der Waals surface area contributed by atoms with Crippen molar-refractivity contribution in [3.63, 3.8) is 0 Å². The maximum absolute atomic E-state index is 11.8. The first kappa shape index (κ1) is 16.0. The van der Waals surface area contributed by atoms with Gasteiger partial charge in [0.1, 0.15) is 0 Å². The van der Waals surface area contributed by atoms with Gasteiger partial charge in [0.05, 0.1) is 6.42 Å². The first-order chi connectivity index (χ1) is 9.32. The number of rotatable bonds is 6. The number of carbonyl (C=O) groups is 2. The molecule has 0 aliphatic carbocycles. The average molecular weight is 279 g/mol. The predicted molar refractivity (Wildman–Crippen MR) is 77.7 cm³/mol. The van der Waals surface area contributed by atoms with E-state index in [1.807, 2.05) is 25.2 Å². The van der Waals surface area contributed by atoms with Gasteiger partial charge in [-0.1, -0.05) is 12.1 Å². The molecular formula is C14H21N3O3. The molecule has 0 heterocycles. The Kier molecular flexibility index (Phi) is 5.52. The second kappa shape index (κ2) is 6.91. The average Bonchev–Trinajstić information content (AvgIpc) is 2.26. The van der Waals surface area contributed by atoms with E-state index in [1.165, 1.54) is 0 Å². The fraction of sp³-hybridized carbons (Fsp3) is 0.429. The summed E-state index contributed by atoms with van der Waals surface area (Å²) in [5.74, 6) is -0.952. The van der Waals surface area contributed by atoms with Crippen molar-refractivity contribution in [3.05, 3.63) is 29.8 Å². The number of carbonyl (C=O) groups excluding carboxylic acids is 1. The molecule has 110 valence electrons. The number of aliphatic carboxylic acids is 1. The van der Waals surface area contributed by atoms with Gasteiger partial charge in [-0.25, -0.2) is 4.79 Å². The molecule has 0 saturated heterocycles. The Bertz CT molecular complexity index is 486. The molecule has 0 atom stereocenters. The summed E-state index contributed by atoms with van der Waals surface area (Å²) in [6.45, 7) is 4.04. The lowest BCUT2D eigenvalue weighted by atomic mass is 10.0.